The van der Waals surface area contributed by atoms with Crippen molar-refractivity contribution in [3.05, 3.63) is 181 Å². The van der Waals surface area contributed by atoms with Gasteiger partial charge in [0.05, 0.1) is 61.5 Å². The van der Waals surface area contributed by atoms with E-state index in [0.717, 1.165) is 190 Å². The van der Waals surface area contributed by atoms with Crippen molar-refractivity contribution < 1.29 is 38.9 Å². The number of aromatic carboxylic acids is 2. The minimum Gasteiger partial charge on any atom is -0.495 e. The van der Waals surface area contributed by atoms with Crippen molar-refractivity contribution in [2.45, 2.75) is 190 Å². The van der Waals surface area contributed by atoms with E-state index < -0.39 is 11.9 Å². The molecule has 6 fully saturated rings. The number of methoxy groups -OCH3 is 2. The summed E-state index contributed by atoms with van der Waals surface area (Å²) in [7, 11) is 15.5. The second-order valence-electron chi connectivity index (χ2n) is 35.8. The van der Waals surface area contributed by atoms with E-state index in [1.807, 2.05) is 89.4 Å². The maximum Gasteiger partial charge on any atom is 0.335 e. The van der Waals surface area contributed by atoms with Crippen molar-refractivity contribution in [2.24, 2.45) is 0 Å². The molecule has 0 radical (unpaired) electrons. The van der Waals surface area contributed by atoms with E-state index in [4.69, 9.17) is 34.5 Å². The molecule has 8 aromatic rings. The summed E-state index contributed by atoms with van der Waals surface area (Å²) in [6.07, 6.45) is 34.6. The molecule has 4 aliphatic carbocycles. The topological polar surface area (TPSA) is 335 Å². The second-order valence-corrected chi connectivity index (χ2v) is 35.8. The van der Waals surface area contributed by atoms with Crippen molar-refractivity contribution in [1.82, 2.24) is 60.3 Å². The van der Waals surface area contributed by atoms with Gasteiger partial charge >= 0.3 is 11.9 Å². The molecule has 10 heterocycles. The number of aromatic nitrogens is 8. The van der Waals surface area contributed by atoms with Gasteiger partial charge in [0.15, 0.2) is 23.3 Å². The number of benzene rings is 4. The van der Waals surface area contributed by atoms with E-state index >= 15 is 0 Å². The van der Waals surface area contributed by atoms with Gasteiger partial charge in [-0.2, -0.15) is 19.9 Å². The average molecular weight is 1770 g/mol. The highest BCUT2D eigenvalue weighted by atomic mass is 16.5. The molecular weight excluding hydrogens is 1640 g/mol. The summed E-state index contributed by atoms with van der Waals surface area (Å²) < 4.78 is 11.0. The van der Waals surface area contributed by atoms with Gasteiger partial charge in [0, 0.05) is 162 Å². The fraction of sp³-hybridized carbons (Fsp3) is 0.469. The largest absolute Gasteiger partial charge is 0.495 e. The summed E-state index contributed by atoms with van der Waals surface area (Å²) in [4.78, 5) is 108. The molecule has 0 spiro atoms. The number of carbonyl (C=O) groups excluding carboxylic acids is 2. The van der Waals surface area contributed by atoms with Crippen LogP contribution in [0.3, 0.4) is 0 Å². The maximum absolute atomic E-state index is 12.9. The molecule has 2 saturated heterocycles. The molecule has 4 aromatic carbocycles. The fourth-order valence-corrected chi connectivity index (χ4v) is 19.2. The lowest BCUT2D eigenvalue weighted by Gasteiger charge is -2.30. The number of piperidine rings is 2. The summed E-state index contributed by atoms with van der Waals surface area (Å²) in [6.45, 7) is 24.6. The van der Waals surface area contributed by atoms with E-state index in [0.29, 0.717) is 76.3 Å². The molecule has 0 unspecified atom stereocenters. The molecule has 2 amide bonds. The SMILES string of the molecule is C=C1CCN(C2CCCC2)c2nc(Nc3ccc(C(=O)NC4CCN(C)CC4)cc3)ncc2N1C.C=C1CCN(C2CCCC2)c2nc(Nc3ccc(C(=O)NC4CCN(C)CC4)cc3OC)ncc2N1C.C=C1CCN(C2CCCC2)c2nc(Nc3ccc(C(=O)O)cc3)ncc2N1C.C=C1CCN(C2CCCC2)c2nc(Nc3ccc(C(=O)O)cc3OC)ncc2N1C. The van der Waals surface area contributed by atoms with Gasteiger partial charge in [-0.15, -0.1) is 0 Å². The fourth-order valence-electron chi connectivity index (χ4n) is 19.2. The lowest BCUT2D eigenvalue weighted by atomic mass is 10.0. The van der Waals surface area contributed by atoms with Crippen LogP contribution < -0.4 is 80.6 Å². The molecule has 6 aliphatic heterocycles. The third kappa shape index (κ3) is 22.0. The Morgan fingerprint density at radius 2 is 0.615 bits per heavy atom. The Morgan fingerprint density at radius 3 is 0.915 bits per heavy atom. The molecule has 688 valence electrons. The predicted octanol–water partition coefficient (Wildman–Crippen LogP) is 16.4. The number of likely N-dealkylation sites (tertiary alicyclic amines) is 2. The molecule has 10 aliphatic rings. The Bertz CT molecular complexity index is 5370. The normalized spacial score (nSPS) is 18.6. The van der Waals surface area contributed by atoms with Gasteiger partial charge in [-0.1, -0.05) is 77.7 Å². The van der Waals surface area contributed by atoms with Crippen LogP contribution in [0, 0.1) is 0 Å². The van der Waals surface area contributed by atoms with E-state index in [9.17, 15) is 24.3 Å². The number of hydrogen-bond donors (Lipinski definition) is 8. The third-order valence-corrected chi connectivity index (χ3v) is 27.4. The highest BCUT2D eigenvalue weighted by molar-refractivity contribution is 5.96. The van der Waals surface area contributed by atoms with Gasteiger partial charge in [0.1, 0.15) is 34.2 Å². The number of hydrogen-bond acceptors (Lipinski definition) is 28. The Balaban J connectivity index is 0.000000134. The van der Waals surface area contributed by atoms with Crippen LogP contribution in [0.4, 0.5) is 92.6 Å². The summed E-state index contributed by atoms with van der Waals surface area (Å²) in [5.41, 5.74) is 12.8. The van der Waals surface area contributed by atoms with Crippen LogP contribution in [0.2, 0.25) is 0 Å². The summed E-state index contributed by atoms with van der Waals surface area (Å²) in [6, 6.07) is 26.7. The number of carboxylic acid groups (broad SMARTS) is 2. The standard InChI is InChI=1S/C28H39N7O2.C27H37N7O.C22H27N5O3.C21H25N5O2/c1-19-11-16-35(22-7-5-6-8-22)26-24(34(19)3)18-29-28(32-26)31-23-10-9-20(17-25(23)37-4)27(36)30-21-12-14-33(2)15-13-21;1-19-12-17-34(23-6-4-5-7-23)25-24(33(19)3)18-28-27(31-25)30-21-10-8-20(9-11-21)26(35)29-22-13-15-32(2)16-14-22;1-14-10-11-27(16-6-4-5-7-16)20-18(26(14)2)13-23-22(25-20)24-17-9-8-15(21(28)29)12-19(17)30-3;1-14-11-12-26(17-5-3-4-6-17)19-18(25(14)2)13-22-21(24-19)23-16-9-7-15(8-10-16)20(27)28/h9-10,17-18,21-22H,1,5-8,11-16H2,2-4H3,(H,30,36)(H,29,31,32);8-11,18,22-23H,1,4-7,12-17H2,2-3H3,(H,29,35)(H,28,30,31);8-9,12-13,16H,1,4-7,10-11H2,2-3H3,(H,28,29)(H,23,24,25);7-10,13,17H,1,3-6,11-12H2,2H3,(H,27,28)(H,22,23,24). The quantitative estimate of drug-likeness (QED) is 0.0351. The van der Waals surface area contributed by atoms with Gasteiger partial charge in [-0.3, -0.25) is 9.59 Å². The minimum absolute atomic E-state index is 0.0112. The zero-order chi connectivity index (χ0) is 91.2. The average Bonchev–Trinajstić information content (AvgIpc) is 1.61. The molecule has 32 heteroatoms. The van der Waals surface area contributed by atoms with E-state index in [1.165, 1.54) is 122 Å². The van der Waals surface area contributed by atoms with Crippen molar-refractivity contribution in [1.29, 1.82) is 0 Å². The number of fused-ring (bicyclic) bond motifs is 4. The Hall–Kier alpha value is -12.8. The Labute approximate surface area is 763 Å². The first-order valence-corrected chi connectivity index (χ1v) is 46.2. The van der Waals surface area contributed by atoms with E-state index in [-0.39, 0.29) is 35.0 Å². The Kier molecular flexibility index (Phi) is 29.8. The minimum atomic E-state index is -1.00. The molecule has 32 nitrogen and oxygen atoms in total. The van der Waals surface area contributed by atoms with E-state index in [1.54, 1.807) is 43.5 Å². The molecule has 4 saturated carbocycles. The van der Waals surface area contributed by atoms with Crippen molar-refractivity contribution in [3.8, 4) is 11.5 Å². The Morgan fingerprint density at radius 1 is 0.346 bits per heavy atom. The lowest BCUT2D eigenvalue weighted by molar-refractivity contribution is 0.0686. The lowest BCUT2D eigenvalue weighted by Crippen LogP contribution is -2.43. The first-order chi connectivity index (χ1) is 62.9. The van der Waals surface area contributed by atoms with Crippen LogP contribution in [-0.4, -0.2) is 229 Å². The first-order valence-electron chi connectivity index (χ1n) is 46.2. The zero-order valence-electron chi connectivity index (χ0n) is 76.7. The van der Waals surface area contributed by atoms with Crippen LogP contribution in [-0.2, 0) is 0 Å². The number of rotatable bonds is 20. The molecule has 4 aromatic heterocycles. The van der Waals surface area contributed by atoms with Crippen LogP contribution >= 0.6 is 0 Å². The van der Waals surface area contributed by atoms with Crippen LogP contribution in [0.15, 0.2) is 159 Å². The van der Waals surface area contributed by atoms with Gasteiger partial charge in [0.2, 0.25) is 23.8 Å². The summed E-state index contributed by atoms with van der Waals surface area (Å²) in [5.74, 6) is 4.75. The van der Waals surface area contributed by atoms with E-state index in [2.05, 4.69) is 141 Å². The summed E-state index contributed by atoms with van der Waals surface area (Å²) >= 11 is 0. The monoisotopic (exact) mass is 1770 g/mol. The number of carbonyl (C=O) groups is 4. The number of ether oxygens (including phenoxy) is 2. The number of carboxylic acids is 2. The maximum atomic E-state index is 12.9. The highest BCUT2D eigenvalue weighted by Gasteiger charge is 2.37. The summed E-state index contributed by atoms with van der Waals surface area (Å²) in [5, 5.41) is 37.6. The number of nitrogens with one attached hydrogen (secondary N) is 6. The number of amides is 2. The second kappa shape index (κ2) is 42.2. The van der Waals surface area contributed by atoms with Crippen molar-refractivity contribution >= 4 is 116 Å². The molecular formula is C98H128N24O8. The van der Waals surface area contributed by atoms with Crippen LogP contribution in [0.5, 0.6) is 11.5 Å². The smallest absolute Gasteiger partial charge is 0.335 e. The first kappa shape index (κ1) is 91.9. The van der Waals surface area contributed by atoms with Crippen LogP contribution in [0.25, 0.3) is 0 Å². The zero-order valence-corrected chi connectivity index (χ0v) is 76.7. The number of anilines is 16. The van der Waals surface area contributed by atoms with Gasteiger partial charge in [-0.25, -0.2) is 29.5 Å². The van der Waals surface area contributed by atoms with Crippen LogP contribution in [0.1, 0.15) is 196 Å². The molecule has 18 rings (SSSR count). The van der Waals surface area contributed by atoms with Gasteiger partial charge in [-0.05, 0) is 202 Å². The van der Waals surface area contributed by atoms with Crippen molar-refractivity contribution in [2.75, 3.05) is 169 Å². The molecule has 130 heavy (non-hydrogen) atoms. The van der Waals surface area contributed by atoms with Gasteiger partial charge < -0.3 is 101 Å². The molecule has 0 bridgehead atoms. The highest BCUT2D eigenvalue weighted by Crippen LogP contribution is 2.45. The van der Waals surface area contributed by atoms with Gasteiger partial charge in [0.25, 0.3) is 11.8 Å². The third-order valence-electron chi connectivity index (χ3n) is 27.4. The molecule has 8 N–H and O–H groups in total. The predicted molar refractivity (Wildman–Crippen MR) is 517 cm³/mol. The number of nitrogens with zero attached hydrogens (tertiary/aromatic N) is 18. The molecule has 0 atom stereocenters. The van der Waals surface area contributed by atoms with Crippen molar-refractivity contribution in [3.63, 3.8) is 0 Å².